The summed E-state index contributed by atoms with van der Waals surface area (Å²) in [6, 6.07) is 9.38. The van der Waals surface area contributed by atoms with Crippen LogP contribution in [-0.2, 0) is 9.59 Å². The Morgan fingerprint density at radius 1 is 1.21 bits per heavy atom. The summed E-state index contributed by atoms with van der Waals surface area (Å²) in [6.07, 6.45) is 3.95. The topological polar surface area (TPSA) is 73.7 Å². The Morgan fingerprint density at radius 2 is 1.93 bits per heavy atom. The Kier molecular flexibility index (Phi) is 6.11. The van der Waals surface area contributed by atoms with E-state index in [1.807, 2.05) is 19.0 Å². The lowest BCUT2D eigenvalue weighted by atomic mass is 9.96. The highest BCUT2D eigenvalue weighted by Crippen LogP contribution is 2.39. The first kappa shape index (κ1) is 20.0. The van der Waals surface area contributed by atoms with Crippen molar-refractivity contribution in [2.24, 2.45) is 0 Å². The van der Waals surface area contributed by atoms with Crippen molar-refractivity contribution in [2.45, 2.75) is 12.5 Å². The number of benzene rings is 1. The SMILES string of the molecule is CN(C)CCCN1C(=O)C(=O)C(=C(O)c2ccc(Cl)cc2)C1c1cccnc1. The fourth-order valence-electron chi connectivity index (χ4n) is 3.32. The lowest BCUT2D eigenvalue weighted by molar-refractivity contribution is -0.139. The summed E-state index contributed by atoms with van der Waals surface area (Å²) in [4.78, 5) is 33.2. The van der Waals surface area contributed by atoms with Gasteiger partial charge in [0.15, 0.2) is 0 Å². The molecule has 1 aromatic carbocycles. The van der Waals surface area contributed by atoms with Crippen molar-refractivity contribution in [3.05, 3.63) is 70.5 Å². The number of rotatable bonds is 6. The first-order valence-corrected chi connectivity index (χ1v) is 9.37. The molecule has 1 N–H and O–H groups in total. The number of Topliss-reactive ketones (excluding diaryl/α,β-unsaturated/α-hetero) is 1. The number of aliphatic hydroxyl groups excluding tert-OH is 1. The zero-order valence-corrected chi connectivity index (χ0v) is 16.6. The maximum absolute atomic E-state index is 12.8. The van der Waals surface area contributed by atoms with Crippen molar-refractivity contribution in [3.8, 4) is 0 Å². The van der Waals surface area contributed by atoms with E-state index in [0.717, 1.165) is 6.54 Å². The number of halogens is 1. The molecule has 1 unspecified atom stereocenters. The van der Waals surface area contributed by atoms with Crippen LogP contribution in [0.2, 0.25) is 5.02 Å². The van der Waals surface area contributed by atoms with Gasteiger partial charge >= 0.3 is 0 Å². The number of aromatic nitrogens is 1. The molecule has 0 aliphatic carbocycles. The summed E-state index contributed by atoms with van der Waals surface area (Å²) in [5, 5.41) is 11.4. The maximum Gasteiger partial charge on any atom is 0.295 e. The van der Waals surface area contributed by atoms with Crippen LogP contribution < -0.4 is 0 Å². The number of hydrogen-bond acceptors (Lipinski definition) is 5. The quantitative estimate of drug-likeness (QED) is 0.459. The van der Waals surface area contributed by atoms with E-state index in [1.165, 1.54) is 4.90 Å². The number of pyridine rings is 1. The van der Waals surface area contributed by atoms with Gasteiger partial charge in [0.1, 0.15) is 5.76 Å². The molecule has 28 heavy (non-hydrogen) atoms. The first-order valence-electron chi connectivity index (χ1n) is 8.99. The molecule has 6 nitrogen and oxygen atoms in total. The third-order valence-electron chi connectivity index (χ3n) is 4.66. The molecular formula is C21H22ClN3O3. The highest BCUT2D eigenvalue weighted by Gasteiger charge is 2.45. The van der Waals surface area contributed by atoms with E-state index in [-0.39, 0.29) is 11.3 Å². The zero-order chi connectivity index (χ0) is 20.3. The summed E-state index contributed by atoms with van der Waals surface area (Å²) in [7, 11) is 3.90. The van der Waals surface area contributed by atoms with Gasteiger partial charge in [0.2, 0.25) is 0 Å². The largest absolute Gasteiger partial charge is 0.507 e. The van der Waals surface area contributed by atoms with Gasteiger partial charge < -0.3 is 14.9 Å². The molecule has 1 fully saturated rings. The van der Waals surface area contributed by atoms with Crippen molar-refractivity contribution in [3.63, 3.8) is 0 Å². The standard InChI is InChI=1S/C21H22ClN3O3/c1-24(2)11-4-12-25-18(15-5-3-10-23-13-15)17(20(27)21(25)28)19(26)14-6-8-16(22)9-7-14/h3,5-10,13,18,26H,4,11-12H2,1-2H3. The fourth-order valence-corrected chi connectivity index (χ4v) is 3.44. The van der Waals surface area contributed by atoms with Gasteiger partial charge in [0.05, 0.1) is 11.6 Å². The van der Waals surface area contributed by atoms with E-state index in [0.29, 0.717) is 29.1 Å². The van der Waals surface area contributed by atoms with Crippen LogP contribution in [0.15, 0.2) is 54.4 Å². The Morgan fingerprint density at radius 3 is 2.54 bits per heavy atom. The summed E-state index contributed by atoms with van der Waals surface area (Å²) < 4.78 is 0. The van der Waals surface area contributed by atoms with Crippen LogP contribution in [0.5, 0.6) is 0 Å². The lowest BCUT2D eigenvalue weighted by Gasteiger charge is -2.25. The normalized spacial score (nSPS) is 18.9. The number of hydrogen-bond donors (Lipinski definition) is 1. The highest BCUT2D eigenvalue weighted by molar-refractivity contribution is 6.46. The number of aliphatic hydroxyl groups is 1. The van der Waals surface area contributed by atoms with E-state index in [1.54, 1.807) is 48.8 Å². The second-order valence-electron chi connectivity index (χ2n) is 6.94. The van der Waals surface area contributed by atoms with Crippen molar-refractivity contribution >= 4 is 29.1 Å². The summed E-state index contributed by atoms with van der Waals surface area (Å²) >= 11 is 5.92. The first-order chi connectivity index (χ1) is 13.4. The lowest BCUT2D eigenvalue weighted by Crippen LogP contribution is -2.32. The van der Waals surface area contributed by atoms with Crippen LogP contribution in [0.3, 0.4) is 0 Å². The predicted octanol–water partition coefficient (Wildman–Crippen LogP) is 3.11. The Labute approximate surface area is 169 Å². The molecule has 0 saturated carbocycles. The van der Waals surface area contributed by atoms with Gasteiger partial charge in [-0.3, -0.25) is 14.6 Å². The average Bonchev–Trinajstić information content (AvgIpc) is 2.93. The van der Waals surface area contributed by atoms with Gasteiger partial charge in [0, 0.05) is 29.5 Å². The molecule has 1 aliphatic rings. The minimum absolute atomic E-state index is 0.0742. The molecule has 2 aromatic rings. The van der Waals surface area contributed by atoms with Crippen LogP contribution in [-0.4, -0.2) is 58.8 Å². The van der Waals surface area contributed by atoms with Crippen LogP contribution >= 0.6 is 11.6 Å². The minimum Gasteiger partial charge on any atom is -0.507 e. The number of amides is 1. The van der Waals surface area contributed by atoms with Crippen molar-refractivity contribution < 1.29 is 14.7 Å². The molecule has 0 radical (unpaired) electrons. The second kappa shape index (κ2) is 8.54. The molecule has 1 saturated heterocycles. The predicted molar refractivity (Wildman–Crippen MR) is 108 cm³/mol. The molecule has 7 heteroatoms. The molecule has 1 aliphatic heterocycles. The minimum atomic E-state index is -0.689. The number of carbonyl (C=O) groups is 2. The molecule has 3 rings (SSSR count). The Hall–Kier alpha value is -2.70. The third kappa shape index (κ3) is 4.08. The van der Waals surface area contributed by atoms with E-state index >= 15 is 0 Å². The molecule has 146 valence electrons. The maximum atomic E-state index is 12.8. The summed E-state index contributed by atoms with van der Waals surface area (Å²) in [5.41, 5.74) is 1.19. The fraction of sp³-hybridized carbons (Fsp3) is 0.286. The molecule has 1 amide bonds. The number of likely N-dealkylation sites (tertiary alicyclic amines) is 1. The van der Waals surface area contributed by atoms with Crippen molar-refractivity contribution in [2.75, 3.05) is 27.2 Å². The van der Waals surface area contributed by atoms with Gasteiger partial charge in [0.25, 0.3) is 11.7 Å². The molecule has 2 heterocycles. The smallest absolute Gasteiger partial charge is 0.295 e. The number of ketones is 1. The average molecular weight is 400 g/mol. The van der Waals surface area contributed by atoms with E-state index in [4.69, 9.17) is 11.6 Å². The van der Waals surface area contributed by atoms with Crippen molar-refractivity contribution in [1.82, 2.24) is 14.8 Å². The van der Waals surface area contributed by atoms with Gasteiger partial charge in [-0.2, -0.15) is 0 Å². The number of carbonyl (C=O) groups excluding carboxylic acids is 2. The van der Waals surface area contributed by atoms with Crippen LogP contribution in [0.4, 0.5) is 0 Å². The second-order valence-corrected chi connectivity index (χ2v) is 7.38. The number of nitrogens with zero attached hydrogens (tertiary/aromatic N) is 3. The van der Waals surface area contributed by atoms with E-state index in [2.05, 4.69) is 4.98 Å². The third-order valence-corrected chi connectivity index (χ3v) is 4.91. The van der Waals surface area contributed by atoms with Crippen LogP contribution in [0.25, 0.3) is 5.76 Å². The molecule has 0 spiro atoms. The van der Waals surface area contributed by atoms with E-state index < -0.39 is 17.7 Å². The molecular weight excluding hydrogens is 378 g/mol. The van der Waals surface area contributed by atoms with Gasteiger partial charge in [-0.05, 0) is 63.0 Å². The monoisotopic (exact) mass is 399 g/mol. The molecule has 1 atom stereocenters. The van der Waals surface area contributed by atoms with Gasteiger partial charge in [-0.15, -0.1) is 0 Å². The van der Waals surface area contributed by atoms with Crippen molar-refractivity contribution in [1.29, 1.82) is 0 Å². The Balaban J connectivity index is 2.06. The van der Waals surface area contributed by atoms with E-state index in [9.17, 15) is 14.7 Å². The zero-order valence-electron chi connectivity index (χ0n) is 15.8. The molecule has 1 aromatic heterocycles. The summed E-state index contributed by atoms with van der Waals surface area (Å²) in [5.74, 6) is -1.51. The Bertz CT molecular complexity index is 895. The highest BCUT2D eigenvalue weighted by atomic mass is 35.5. The van der Waals surface area contributed by atoms with Crippen LogP contribution in [0, 0.1) is 0 Å². The van der Waals surface area contributed by atoms with Crippen LogP contribution in [0.1, 0.15) is 23.6 Å². The van der Waals surface area contributed by atoms with Gasteiger partial charge in [-0.25, -0.2) is 0 Å². The summed E-state index contributed by atoms with van der Waals surface area (Å²) in [6.45, 7) is 1.18. The van der Waals surface area contributed by atoms with Gasteiger partial charge in [-0.1, -0.05) is 17.7 Å². The molecule has 0 bridgehead atoms.